The Labute approximate surface area is 358 Å². The van der Waals surface area contributed by atoms with Crippen LogP contribution in [0.15, 0.2) is 76.2 Å². The molecule has 2 aromatic heterocycles. The number of likely N-dealkylation sites (N-methyl/N-ethyl adjacent to an activating group) is 1. The van der Waals surface area contributed by atoms with Gasteiger partial charge in [0.25, 0.3) is 5.95 Å². The lowest BCUT2D eigenvalue weighted by molar-refractivity contribution is -0.872. The normalized spacial score (nSPS) is 28.8. The van der Waals surface area contributed by atoms with Gasteiger partial charge in [-0.1, -0.05) is 51.2 Å². The third kappa shape index (κ3) is 8.50. The van der Waals surface area contributed by atoms with E-state index < -0.39 is 11.9 Å². The van der Waals surface area contributed by atoms with Gasteiger partial charge in [0.1, 0.15) is 23.2 Å². The number of para-hydroxylation sites is 1. The number of piperidine rings is 1. The molecule has 0 radical (unpaired) electrons. The number of fused-ring (bicyclic) bond motifs is 1. The molecule has 14 heteroatoms. The molecule has 2 aliphatic heterocycles. The fourth-order valence-corrected chi connectivity index (χ4v) is 13.5. The van der Waals surface area contributed by atoms with Crippen molar-refractivity contribution in [1.82, 2.24) is 25.0 Å². The first-order valence-electron chi connectivity index (χ1n) is 21.6. The van der Waals surface area contributed by atoms with Crippen LogP contribution in [0, 0.1) is 34.0 Å². The van der Waals surface area contributed by atoms with E-state index in [1.165, 1.54) is 43.4 Å². The highest BCUT2D eigenvalue weighted by Crippen LogP contribution is 2.75. The first-order chi connectivity index (χ1) is 28.5. The van der Waals surface area contributed by atoms with Gasteiger partial charge in [-0.05, 0) is 130 Å². The molecule has 4 heterocycles. The lowest BCUT2D eigenvalue weighted by Gasteiger charge is -2.70. The predicted molar refractivity (Wildman–Crippen MR) is 239 cm³/mol. The summed E-state index contributed by atoms with van der Waals surface area (Å²) in [5, 5.41) is 48.6. The van der Waals surface area contributed by atoms with E-state index in [2.05, 4.69) is 40.7 Å². The molecule has 4 aliphatic carbocycles. The maximum absolute atomic E-state index is 11.3. The average molecular weight is 839 g/mol. The van der Waals surface area contributed by atoms with Gasteiger partial charge in [-0.2, -0.15) is 5.10 Å². The summed E-state index contributed by atoms with van der Waals surface area (Å²) in [7, 11) is 1.98. The van der Waals surface area contributed by atoms with Gasteiger partial charge in [0, 0.05) is 35.5 Å². The third-order valence-electron chi connectivity index (χ3n) is 13.6. The summed E-state index contributed by atoms with van der Waals surface area (Å²) >= 11 is 1.47. The summed E-state index contributed by atoms with van der Waals surface area (Å²) in [6.45, 7) is 15.3. The topological polar surface area (TPSA) is 190 Å². The zero-order valence-electron chi connectivity index (χ0n) is 36.4. The minimum absolute atomic E-state index is 0.108. The van der Waals surface area contributed by atoms with Gasteiger partial charge < -0.3 is 36.2 Å². The highest BCUT2D eigenvalue weighted by Gasteiger charge is 2.65. The van der Waals surface area contributed by atoms with Gasteiger partial charge in [0.2, 0.25) is 5.13 Å². The van der Waals surface area contributed by atoms with Gasteiger partial charge in [-0.15, -0.1) is 0 Å². The molecule has 8 N–H and O–H groups in total. The number of aromatic nitrogens is 3. The Morgan fingerprint density at radius 3 is 2.43 bits per heavy atom. The fourth-order valence-electron chi connectivity index (χ4n) is 12.6. The number of carboxylic acid groups (broad SMARTS) is 1. The molecule has 3 atom stereocenters. The number of benzene rings is 1. The number of hydrogen-bond donors (Lipinski definition) is 7. The van der Waals surface area contributed by atoms with E-state index in [4.69, 9.17) is 10.8 Å². The molecule has 4 saturated carbocycles. The number of quaternary nitrogens is 1. The second kappa shape index (κ2) is 16.5. The smallest absolute Gasteiger partial charge is 0.359 e. The summed E-state index contributed by atoms with van der Waals surface area (Å²) in [4.78, 5) is 23.4. The number of likely N-dealkylation sites (tertiary alicyclic amines) is 1. The van der Waals surface area contributed by atoms with Crippen LogP contribution in [0.3, 0.4) is 0 Å². The van der Waals surface area contributed by atoms with Crippen LogP contribution < -0.4 is 16.0 Å². The van der Waals surface area contributed by atoms with Gasteiger partial charge in [-0.3, -0.25) is 10.1 Å². The minimum Gasteiger partial charge on any atom is -0.480 e. The molecular weight excluding hydrogens is 775 g/mol. The standard InChI is InChI=1S/C44H57N9O4S.C2H6/c1-27(37(45)50-40-48-32-11-6-7-12-33(32)58-40)29-10-8-17-52(38(29)46)34-14-13-30(36(49-34)39(56)57)31-18-47-53(28(31)2)26-44-23-41(3)20-42(4,24-44)22-43(21-41,25-44)15-9-16-51(5)19-35(54)55;1-2/h6-7,11-14,18,46,49,56-57H,8-10,15-17,19-26H2,1-5H3,(H,54,55)(H2,45,48,50);1-2H3/p+1/b29-27-,46-38?;. The number of thiazole rings is 1. The third-order valence-corrected chi connectivity index (χ3v) is 14.5. The van der Waals surface area contributed by atoms with E-state index in [0.29, 0.717) is 35.3 Å². The SMILES string of the molecule is CC.CC(=C1\CCCN(C2=CC=C(c3cnn(CC45CC6(C)CC(C)(CC(CCC[NH+](C)CC(=O)O)(C6)C4)C5)c3C)C(=C(O)O)N2)C1=N)/C(N)=N\c1nc2ccccc2s1. The Bertz CT molecular complexity index is 2280. The molecule has 0 amide bonds. The molecule has 3 unspecified atom stereocenters. The summed E-state index contributed by atoms with van der Waals surface area (Å²) in [6.07, 6.45) is 16.5. The van der Waals surface area contributed by atoms with E-state index in [-0.39, 0.29) is 39.7 Å². The van der Waals surface area contributed by atoms with Crippen LogP contribution in [0.1, 0.15) is 110 Å². The van der Waals surface area contributed by atoms with Crippen molar-refractivity contribution in [3.05, 3.63) is 82.5 Å². The Morgan fingerprint density at radius 1 is 1.05 bits per heavy atom. The van der Waals surface area contributed by atoms with Crippen LogP contribution in [0.25, 0.3) is 15.8 Å². The number of nitrogens with one attached hydrogen (secondary N) is 3. The van der Waals surface area contributed by atoms with E-state index in [1.54, 1.807) is 0 Å². The van der Waals surface area contributed by atoms with Crippen molar-refractivity contribution >= 4 is 49.9 Å². The Hall–Kier alpha value is -4.95. The van der Waals surface area contributed by atoms with Crippen LogP contribution in [0.4, 0.5) is 5.13 Å². The summed E-state index contributed by atoms with van der Waals surface area (Å²) in [5.74, 6) is -0.402. The fraction of sp³-hybridized carbons (Fsp3) is 0.543. The molecule has 5 fully saturated rings. The number of rotatable bonds is 12. The Balaban J connectivity index is 0.00000268. The summed E-state index contributed by atoms with van der Waals surface area (Å²) < 4.78 is 3.17. The largest absolute Gasteiger partial charge is 0.480 e. The van der Waals surface area contributed by atoms with Crippen molar-refractivity contribution in [2.24, 2.45) is 32.4 Å². The van der Waals surface area contributed by atoms with Gasteiger partial charge >= 0.3 is 5.97 Å². The molecule has 1 saturated heterocycles. The second-order valence-corrected chi connectivity index (χ2v) is 20.0. The molecule has 322 valence electrons. The molecule has 1 aromatic carbocycles. The minimum atomic E-state index is -0.827. The summed E-state index contributed by atoms with van der Waals surface area (Å²) in [5.41, 5.74) is 12.4. The van der Waals surface area contributed by atoms with E-state index in [1.807, 2.05) is 75.3 Å². The molecule has 3 aromatic rings. The van der Waals surface area contributed by atoms with Crippen molar-refractivity contribution in [2.75, 3.05) is 26.7 Å². The van der Waals surface area contributed by atoms with Crippen molar-refractivity contribution in [3.8, 4) is 0 Å². The molecule has 60 heavy (non-hydrogen) atoms. The highest BCUT2D eigenvalue weighted by atomic mass is 32.1. The number of dihydropyridines is 1. The van der Waals surface area contributed by atoms with Crippen LogP contribution in [-0.4, -0.2) is 79.3 Å². The van der Waals surface area contributed by atoms with Crippen LogP contribution in [-0.2, 0) is 11.3 Å². The molecule has 6 aliphatic rings. The number of amidine groups is 2. The quantitative estimate of drug-likeness (QED) is 0.0543. The number of carbonyl (C=O) groups is 1. The van der Waals surface area contributed by atoms with E-state index in [9.17, 15) is 25.5 Å². The number of nitrogens with zero attached hydrogens (tertiary/aromatic N) is 5. The van der Waals surface area contributed by atoms with Gasteiger partial charge in [0.05, 0.1) is 30.0 Å². The molecule has 0 spiro atoms. The van der Waals surface area contributed by atoms with Crippen molar-refractivity contribution in [2.45, 2.75) is 112 Å². The zero-order chi connectivity index (χ0) is 43.2. The first kappa shape index (κ1) is 43.1. The summed E-state index contributed by atoms with van der Waals surface area (Å²) in [6, 6.07) is 7.86. The van der Waals surface area contributed by atoms with E-state index in [0.717, 1.165) is 76.3 Å². The average Bonchev–Trinajstić information content (AvgIpc) is 3.74. The Kier molecular flexibility index (Phi) is 11.9. The number of aliphatic imine (C=N–C) groups is 1. The van der Waals surface area contributed by atoms with Crippen LogP contribution in [0.5, 0.6) is 0 Å². The number of carboxylic acids is 1. The lowest BCUT2D eigenvalue weighted by atomic mass is 9.35. The number of aliphatic hydroxyl groups excluding tert-OH is 1. The zero-order valence-corrected chi connectivity index (χ0v) is 37.2. The highest BCUT2D eigenvalue weighted by molar-refractivity contribution is 7.22. The van der Waals surface area contributed by atoms with Crippen molar-refractivity contribution in [1.29, 1.82) is 5.41 Å². The second-order valence-electron chi connectivity index (χ2n) is 19.0. The molecule has 13 nitrogen and oxygen atoms in total. The number of aliphatic carboxylic acids is 1. The van der Waals surface area contributed by atoms with Crippen molar-refractivity contribution < 1.29 is 25.0 Å². The monoisotopic (exact) mass is 838 g/mol. The van der Waals surface area contributed by atoms with Gasteiger partial charge in [-0.25, -0.2) is 14.8 Å². The molecule has 4 bridgehead atoms. The predicted octanol–water partition coefficient (Wildman–Crippen LogP) is 7.77. The first-order valence-corrected chi connectivity index (χ1v) is 22.4. The Morgan fingerprint density at radius 2 is 1.75 bits per heavy atom. The number of hydrogen-bond acceptors (Lipinski definition) is 9. The van der Waals surface area contributed by atoms with Crippen molar-refractivity contribution in [3.63, 3.8) is 0 Å². The van der Waals surface area contributed by atoms with Gasteiger partial charge in [0.15, 0.2) is 6.54 Å². The number of aliphatic hydroxyl groups is 2. The van der Waals surface area contributed by atoms with Crippen LogP contribution >= 0.6 is 11.3 Å². The van der Waals surface area contributed by atoms with E-state index >= 15 is 0 Å². The molecule has 9 rings (SSSR count). The maximum Gasteiger partial charge on any atom is 0.359 e. The number of nitrogens with two attached hydrogens (primary N) is 1. The number of allylic oxidation sites excluding steroid dienone is 3. The van der Waals surface area contributed by atoms with Crippen LogP contribution in [0.2, 0.25) is 0 Å². The maximum atomic E-state index is 11.3. The molecular formula is C46H64N9O4S+. The lowest BCUT2D eigenvalue weighted by Crippen LogP contribution is -3.10.